The second kappa shape index (κ2) is 7.29. The quantitative estimate of drug-likeness (QED) is 0.821. The number of sulfonamides is 1. The van der Waals surface area contributed by atoms with Crippen LogP contribution in [-0.2, 0) is 10.0 Å². The fourth-order valence-electron chi connectivity index (χ4n) is 3.24. The molecule has 0 radical (unpaired) electrons. The predicted molar refractivity (Wildman–Crippen MR) is 102 cm³/mol. The van der Waals surface area contributed by atoms with E-state index in [-0.39, 0.29) is 28.4 Å². The van der Waals surface area contributed by atoms with Gasteiger partial charge in [-0.3, -0.25) is 9.69 Å². The Bertz CT molecular complexity index is 741. The summed E-state index contributed by atoms with van der Waals surface area (Å²) in [7, 11) is -3.47. The van der Waals surface area contributed by atoms with E-state index >= 15 is 0 Å². The highest BCUT2D eigenvalue weighted by Gasteiger charge is 2.29. The van der Waals surface area contributed by atoms with Crippen molar-refractivity contribution < 1.29 is 13.2 Å². The molecule has 6 nitrogen and oxygen atoms in total. The number of rotatable bonds is 5. The van der Waals surface area contributed by atoms with E-state index in [0.717, 1.165) is 38.8 Å². The molecule has 0 aromatic heterocycles. The number of amides is 1. The minimum Gasteiger partial charge on any atom is -0.349 e. The van der Waals surface area contributed by atoms with Crippen molar-refractivity contribution >= 4 is 15.9 Å². The average Bonchev–Trinajstić information content (AvgIpc) is 3.38. The minimum atomic E-state index is -3.47. The zero-order chi connectivity index (χ0) is 18.9. The normalized spacial score (nSPS) is 20.1. The molecule has 1 heterocycles. The summed E-state index contributed by atoms with van der Waals surface area (Å²) in [6, 6.07) is 6.41. The van der Waals surface area contributed by atoms with Gasteiger partial charge in [0.15, 0.2) is 0 Å². The van der Waals surface area contributed by atoms with Crippen LogP contribution in [0, 0.1) is 0 Å². The van der Waals surface area contributed by atoms with E-state index in [2.05, 4.69) is 35.7 Å². The van der Waals surface area contributed by atoms with E-state index in [4.69, 9.17) is 0 Å². The van der Waals surface area contributed by atoms with E-state index in [9.17, 15) is 13.2 Å². The lowest BCUT2D eigenvalue weighted by Gasteiger charge is -2.41. The molecular formula is C19H29N3O3S. The van der Waals surface area contributed by atoms with E-state index in [1.807, 2.05) is 0 Å². The van der Waals surface area contributed by atoms with Crippen molar-refractivity contribution in [1.82, 2.24) is 14.9 Å². The molecule has 3 rings (SSSR count). The Morgan fingerprint density at radius 2 is 1.58 bits per heavy atom. The standard InChI is InChI=1S/C19H29N3O3S/c1-19(2,3)22-12-10-15(11-13-22)20-18(23)14-4-8-17(9-5-14)26(24,25)21-16-6-7-16/h4-5,8-9,15-16,21H,6-7,10-13H2,1-3H3,(H,20,23). The van der Waals surface area contributed by atoms with Crippen LogP contribution in [0.25, 0.3) is 0 Å². The first-order valence-corrected chi connectivity index (χ1v) is 10.8. The summed E-state index contributed by atoms with van der Waals surface area (Å²) < 4.78 is 27.0. The van der Waals surface area contributed by atoms with Crippen LogP contribution in [0.2, 0.25) is 0 Å². The van der Waals surface area contributed by atoms with Gasteiger partial charge in [0.05, 0.1) is 4.90 Å². The Balaban J connectivity index is 1.55. The Labute approximate surface area is 156 Å². The highest BCUT2D eigenvalue weighted by Crippen LogP contribution is 2.23. The fraction of sp³-hybridized carbons (Fsp3) is 0.632. The van der Waals surface area contributed by atoms with Crippen LogP contribution in [0.15, 0.2) is 29.2 Å². The maximum atomic E-state index is 12.5. The van der Waals surface area contributed by atoms with Crippen molar-refractivity contribution in [3.05, 3.63) is 29.8 Å². The van der Waals surface area contributed by atoms with Crippen molar-refractivity contribution in [3.8, 4) is 0 Å². The van der Waals surface area contributed by atoms with E-state index in [1.54, 1.807) is 12.1 Å². The van der Waals surface area contributed by atoms with Crippen molar-refractivity contribution in [1.29, 1.82) is 0 Å². The number of piperidine rings is 1. The van der Waals surface area contributed by atoms with Crippen LogP contribution >= 0.6 is 0 Å². The first-order chi connectivity index (χ1) is 12.1. The van der Waals surface area contributed by atoms with Gasteiger partial charge in [-0.05, 0) is 70.7 Å². The molecule has 144 valence electrons. The minimum absolute atomic E-state index is 0.0712. The van der Waals surface area contributed by atoms with Crippen molar-refractivity contribution in [2.75, 3.05) is 13.1 Å². The van der Waals surface area contributed by atoms with Crippen molar-refractivity contribution in [2.45, 2.75) is 69.0 Å². The smallest absolute Gasteiger partial charge is 0.251 e. The summed E-state index contributed by atoms with van der Waals surface area (Å²) in [6.07, 6.45) is 3.66. The lowest BCUT2D eigenvalue weighted by molar-refractivity contribution is 0.0812. The molecule has 0 atom stereocenters. The maximum Gasteiger partial charge on any atom is 0.251 e. The highest BCUT2D eigenvalue weighted by atomic mass is 32.2. The Kier molecular flexibility index (Phi) is 5.42. The monoisotopic (exact) mass is 379 g/mol. The van der Waals surface area contributed by atoms with Crippen LogP contribution < -0.4 is 10.0 Å². The van der Waals surface area contributed by atoms with E-state index in [1.165, 1.54) is 12.1 Å². The van der Waals surface area contributed by atoms with Gasteiger partial charge in [0.2, 0.25) is 10.0 Å². The fourth-order valence-corrected chi connectivity index (χ4v) is 4.54. The number of carbonyl (C=O) groups is 1. The van der Waals surface area contributed by atoms with Crippen LogP contribution in [0.3, 0.4) is 0 Å². The van der Waals surface area contributed by atoms with Gasteiger partial charge in [0.1, 0.15) is 0 Å². The maximum absolute atomic E-state index is 12.5. The van der Waals surface area contributed by atoms with Gasteiger partial charge in [0, 0.05) is 36.3 Å². The molecule has 2 fully saturated rings. The number of hydrogen-bond donors (Lipinski definition) is 2. The number of hydrogen-bond acceptors (Lipinski definition) is 4. The number of likely N-dealkylation sites (tertiary alicyclic amines) is 1. The average molecular weight is 380 g/mol. The molecule has 0 unspecified atom stereocenters. The molecule has 1 aliphatic carbocycles. The second-order valence-corrected chi connectivity index (χ2v) is 10.0. The van der Waals surface area contributed by atoms with Gasteiger partial charge in [-0.1, -0.05) is 0 Å². The third kappa shape index (κ3) is 4.84. The Hall–Kier alpha value is -1.44. The van der Waals surface area contributed by atoms with Crippen LogP contribution in [0.5, 0.6) is 0 Å². The summed E-state index contributed by atoms with van der Waals surface area (Å²) in [5.41, 5.74) is 0.652. The topological polar surface area (TPSA) is 78.5 Å². The van der Waals surface area contributed by atoms with Crippen LogP contribution in [-0.4, -0.2) is 49.9 Å². The SMILES string of the molecule is CC(C)(C)N1CCC(NC(=O)c2ccc(S(=O)(=O)NC3CC3)cc2)CC1. The molecular weight excluding hydrogens is 350 g/mol. The summed E-state index contributed by atoms with van der Waals surface area (Å²) in [6.45, 7) is 8.57. The van der Waals surface area contributed by atoms with Gasteiger partial charge in [-0.2, -0.15) is 0 Å². The number of carbonyl (C=O) groups excluding carboxylic acids is 1. The molecule has 2 N–H and O–H groups in total. The number of benzene rings is 1. The zero-order valence-electron chi connectivity index (χ0n) is 15.8. The van der Waals surface area contributed by atoms with Gasteiger partial charge < -0.3 is 5.32 Å². The molecule has 7 heteroatoms. The molecule has 1 saturated heterocycles. The third-order valence-corrected chi connectivity index (χ3v) is 6.64. The summed E-state index contributed by atoms with van der Waals surface area (Å²) >= 11 is 0. The lowest BCUT2D eigenvalue weighted by Crippen LogP contribution is -2.50. The van der Waals surface area contributed by atoms with E-state index in [0.29, 0.717) is 5.56 Å². The van der Waals surface area contributed by atoms with Gasteiger partial charge in [-0.15, -0.1) is 0 Å². The second-order valence-electron chi connectivity index (χ2n) is 8.33. The summed E-state index contributed by atoms with van der Waals surface area (Å²) in [5.74, 6) is -0.140. The molecule has 1 amide bonds. The molecule has 1 saturated carbocycles. The van der Waals surface area contributed by atoms with E-state index < -0.39 is 10.0 Å². The van der Waals surface area contributed by atoms with Crippen molar-refractivity contribution in [3.63, 3.8) is 0 Å². The molecule has 0 bridgehead atoms. The Morgan fingerprint density at radius 1 is 1.00 bits per heavy atom. The highest BCUT2D eigenvalue weighted by molar-refractivity contribution is 7.89. The van der Waals surface area contributed by atoms with Gasteiger partial charge >= 0.3 is 0 Å². The summed E-state index contributed by atoms with van der Waals surface area (Å²) in [4.78, 5) is 15.1. The number of nitrogens with one attached hydrogen (secondary N) is 2. The molecule has 1 aromatic rings. The Morgan fingerprint density at radius 3 is 2.08 bits per heavy atom. The molecule has 26 heavy (non-hydrogen) atoms. The predicted octanol–water partition coefficient (Wildman–Crippen LogP) is 2.12. The number of nitrogens with zero attached hydrogens (tertiary/aromatic N) is 1. The van der Waals surface area contributed by atoms with Crippen LogP contribution in [0.1, 0.15) is 56.8 Å². The molecule has 0 spiro atoms. The van der Waals surface area contributed by atoms with Gasteiger partial charge in [0.25, 0.3) is 5.91 Å². The molecule has 1 aliphatic heterocycles. The zero-order valence-corrected chi connectivity index (χ0v) is 16.6. The summed E-state index contributed by atoms with van der Waals surface area (Å²) in [5, 5.41) is 3.08. The van der Waals surface area contributed by atoms with Crippen LogP contribution in [0.4, 0.5) is 0 Å². The first kappa shape index (κ1) is 19.3. The lowest BCUT2D eigenvalue weighted by atomic mass is 9.98. The largest absolute Gasteiger partial charge is 0.349 e. The van der Waals surface area contributed by atoms with Crippen molar-refractivity contribution in [2.24, 2.45) is 0 Å². The first-order valence-electron chi connectivity index (χ1n) is 9.33. The van der Waals surface area contributed by atoms with Gasteiger partial charge in [-0.25, -0.2) is 13.1 Å². The molecule has 1 aromatic carbocycles. The third-order valence-electron chi connectivity index (χ3n) is 5.10. The molecule has 2 aliphatic rings.